The van der Waals surface area contributed by atoms with Gasteiger partial charge in [-0.3, -0.25) is 14.1 Å². The molecule has 1 heterocycles. The van der Waals surface area contributed by atoms with Crippen molar-refractivity contribution in [2.75, 3.05) is 32.4 Å². The summed E-state index contributed by atoms with van der Waals surface area (Å²) in [6.45, 7) is 10.1. The molecule has 1 aliphatic heterocycles. The minimum atomic E-state index is -0.677. The number of aliphatic imine (C=N–C) groups is 1. The van der Waals surface area contributed by atoms with E-state index in [1.54, 1.807) is 0 Å². The van der Waals surface area contributed by atoms with Crippen molar-refractivity contribution in [3.05, 3.63) is 0 Å². The van der Waals surface area contributed by atoms with Gasteiger partial charge in [-0.05, 0) is 57.5 Å². The van der Waals surface area contributed by atoms with Crippen molar-refractivity contribution in [1.82, 2.24) is 15.5 Å². The lowest BCUT2D eigenvalue weighted by atomic mass is 9.95. The van der Waals surface area contributed by atoms with Gasteiger partial charge in [0.25, 0.3) is 0 Å². The third-order valence-electron chi connectivity index (χ3n) is 5.75. The van der Waals surface area contributed by atoms with Gasteiger partial charge in [-0.15, -0.1) is 0 Å². The molecule has 6 heteroatoms. The van der Waals surface area contributed by atoms with Crippen LogP contribution < -0.4 is 10.6 Å². The first-order valence-electron chi connectivity index (χ1n) is 10.6. The molecule has 0 aromatic carbocycles. The van der Waals surface area contributed by atoms with E-state index in [-0.39, 0.29) is 0 Å². The molecule has 0 radical (unpaired) electrons. The molecule has 2 aliphatic rings. The summed E-state index contributed by atoms with van der Waals surface area (Å²) in [5.74, 6) is 2.39. The lowest BCUT2D eigenvalue weighted by Crippen LogP contribution is -2.50. The van der Waals surface area contributed by atoms with Crippen LogP contribution in [0.5, 0.6) is 0 Å². The van der Waals surface area contributed by atoms with E-state index in [9.17, 15) is 4.21 Å². The molecule has 0 amide bonds. The number of rotatable bonds is 8. The van der Waals surface area contributed by atoms with Crippen LogP contribution in [0, 0.1) is 5.92 Å². The van der Waals surface area contributed by atoms with Crippen molar-refractivity contribution < 1.29 is 4.21 Å². The molecule has 0 spiro atoms. The molecule has 5 nitrogen and oxygen atoms in total. The maximum absolute atomic E-state index is 12.2. The lowest BCUT2D eigenvalue weighted by Gasteiger charge is -2.32. The van der Waals surface area contributed by atoms with E-state index >= 15 is 0 Å². The van der Waals surface area contributed by atoms with Crippen LogP contribution in [0.4, 0.5) is 0 Å². The summed E-state index contributed by atoms with van der Waals surface area (Å²) < 4.78 is 12.2. The summed E-state index contributed by atoms with van der Waals surface area (Å²) in [6.07, 6.45) is 8.32. The summed E-state index contributed by atoms with van der Waals surface area (Å²) in [4.78, 5) is 7.09. The summed E-state index contributed by atoms with van der Waals surface area (Å²) in [5, 5.41) is 7.53. The molecule has 4 unspecified atom stereocenters. The van der Waals surface area contributed by atoms with Crippen molar-refractivity contribution in [2.24, 2.45) is 10.9 Å². The molecule has 26 heavy (non-hydrogen) atoms. The van der Waals surface area contributed by atoms with Gasteiger partial charge in [-0.2, -0.15) is 0 Å². The van der Waals surface area contributed by atoms with Gasteiger partial charge < -0.3 is 10.6 Å². The van der Waals surface area contributed by atoms with Crippen molar-refractivity contribution in [3.63, 3.8) is 0 Å². The summed E-state index contributed by atoms with van der Waals surface area (Å²) in [6, 6.07) is 0.980. The van der Waals surface area contributed by atoms with Crippen LogP contribution in [0.1, 0.15) is 65.7 Å². The van der Waals surface area contributed by atoms with Gasteiger partial charge >= 0.3 is 0 Å². The van der Waals surface area contributed by atoms with Crippen LogP contribution in [0.15, 0.2) is 4.99 Å². The molecular weight excluding hydrogens is 344 g/mol. The monoisotopic (exact) mass is 384 g/mol. The predicted molar refractivity (Wildman–Crippen MR) is 113 cm³/mol. The molecule has 0 bridgehead atoms. The average molecular weight is 385 g/mol. The SMILES string of the molecule is CCS(=O)C1CCCC(NC(=NC)NCC(CC(C)C)N2CCCC2)C1. The number of nitrogens with zero attached hydrogens (tertiary/aromatic N) is 2. The molecule has 1 saturated heterocycles. The molecule has 2 fully saturated rings. The van der Waals surface area contributed by atoms with E-state index in [1.165, 1.54) is 32.4 Å². The van der Waals surface area contributed by atoms with Crippen molar-refractivity contribution >= 4 is 16.8 Å². The first-order chi connectivity index (χ1) is 12.5. The zero-order valence-electron chi connectivity index (χ0n) is 17.3. The minimum Gasteiger partial charge on any atom is -0.355 e. The van der Waals surface area contributed by atoms with E-state index in [4.69, 9.17) is 0 Å². The quantitative estimate of drug-likeness (QED) is 0.499. The van der Waals surface area contributed by atoms with Gasteiger partial charge in [0, 0.05) is 47.5 Å². The van der Waals surface area contributed by atoms with Crippen LogP contribution >= 0.6 is 0 Å². The Hall–Kier alpha value is -0.620. The second kappa shape index (κ2) is 11.3. The maximum atomic E-state index is 12.2. The van der Waals surface area contributed by atoms with E-state index in [2.05, 4.69) is 34.4 Å². The van der Waals surface area contributed by atoms with Crippen LogP contribution in [-0.2, 0) is 10.8 Å². The zero-order valence-corrected chi connectivity index (χ0v) is 18.1. The van der Waals surface area contributed by atoms with Crippen LogP contribution in [-0.4, -0.2) is 64.8 Å². The van der Waals surface area contributed by atoms with Crippen LogP contribution in [0.3, 0.4) is 0 Å². The molecule has 1 aliphatic carbocycles. The minimum absolute atomic E-state index is 0.350. The van der Waals surface area contributed by atoms with Crippen molar-refractivity contribution in [3.8, 4) is 0 Å². The molecule has 1 saturated carbocycles. The Morgan fingerprint density at radius 3 is 2.58 bits per heavy atom. The van der Waals surface area contributed by atoms with E-state index in [1.807, 2.05) is 14.0 Å². The number of likely N-dealkylation sites (tertiary alicyclic amines) is 1. The molecular formula is C20H40N4OS. The fraction of sp³-hybridized carbons (Fsp3) is 0.950. The third-order valence-corrected chi connectivity index (χ3v) is 7.49. The number of hydrogen-bond acceptors (Lipinski definition) is 3. The number of hydrogen-bond donors (Lipinski definition) is 2. The number of guanidine groups is 1. The molecule has 0 aromatic rings. The Labute approximate surface area is 163 Å². The zero-order chi connectivity index (χ0) is 18.9. The highest BCUT2D eigenvalue weighted by Crippen LogP contribution is 2.23. The summed E-state index contributed by atoms with van der Waals surface area (Å²) in [7, 11) is 1.18. The van der Waals surface area contributed by atoms with E-state index in [0.717, 1.165) is 43.9 Å². The predicted octanol–water partition coefficient (Wildman–Crippen LogP) is 2.74. The highest BCUT2D eigenvalue weighted by Gasteiger charge is 2.27. The normalized spacial score (nSPS) is 27.5. The largest absolute Gasteiger partial charge is 0.355 e. The molecule has 152 valence electrons. The first kappa shape index (κ1) is 21.7. The third kappa shape index (κ3) is 6.84. The summed E-state index contributed by atoms with van der Waals surface area (Å²) >= 11 is 0. The standard InChI is InChI=1S/C20H40N4OS/c1-5-26(25)19-10-8-9-17(14-19)23-20(21-4)22-15-18(13-16(2)3)24-11-6-7-12-24/h16-19H,5-15H2,1-4H3,(H2,21,22,23). The van der Waals surface area contributed by atoms with Gasteiger partial charge in [-0.25, -0.2) is 0 Å². The highest BCUT2D eigenvalue weighted by atomic mass is 32.2. The highest BCUT2D eigenvalue weighted by molar-refractivity contribution is 7.85. The van der Waals surface area contributed by atoms with Crippen LogP contribution in [0.25, 0.3) is 0 Å². The van der Waals surface area contributed by atoms with E-state index < -0.39 is 10.8 Å². The molecule has 2 rings (SSSR count). The molecule has 4 atom stereocenters. The van der Waals surface area contributed by atoms with Gasteiger partial charge in [0.2, 0.25) is 0 Å². The van der Waals surface area contributed by atoms with Gasteiger partial charge in [0.15, 0.2) is 5.96 Å². The Bertz CT molecular complexity index is 463. The lowest BCUT2D eigenvalue weighted by molar-refractivity contribution is 0.212. The topological polar surface area (TPSA) is 56.7 Å². The Morgan fingerprint density at radius 1 is 1.23 bits per heavy atom. The second-order valence-corrected chi connectivity index (χ2v) is 10.3. The average Bonchev–Trinajstić information content (AvgIpc) is 3.17. The number of nitrogens with one attached hydrogen (secondary N) is 2. The van der Waals surface area contributed by atoms with Crippen molar-refractivity contribution in [1.29, 1.82) is 0 Å². The second-order valence-electron chi connectivity index (χ2n) is 8.28. The van der Waals surface area contributed by atoms with Gasteiger partial charge in [0.05, 0.1) is 0 Å². The smallest absolute Gasteiger partial charge is 0.191 e. The first-order valence-corrected chi connectivity index (χ1v) is 12.0. The molecule has 2 N–H and O–H groups in total. The van der Waals surface area contributed by atoms with Gasteiger partial charge in [-0.1, -0.05) is 27.2 Å². The Morgan fingerprint density at radius 2 is 1.96 bits per heavy atom. The van der Waals surface area contributed by atoms with Crippen LogP contribution in [0.2, 0.25) is 0 Å². The van der Waals surface area contributed by atoms with Crippen molar-refractivity contribution in [2.45, 2.75) is 83.1 Å². The van der Waals surface area contributed by atoms with Gasteiger partial charge in [0.1, 0.15) is 0 Å². The fourth-order valence-electron chi connectivity index (χ4n) is 4.37. The Balaban J connectivity index is 1.84. The molecule has 0 aromatic heterocycles. The fourth-order valence-corrected chi connectivity index (χ4v) is 5.71. The van der Waals surface area contributed by atoms with E-state index in [0.29, 0.717) is 23.3 Å². The Kier molecular flexibility index (Phi) is 9.40. The maximum Gasteiger partial charge on any atom is 0.191 e. The summed E-state index contributed by atoms with van der Waals surface area (Å²) in [5.41, 5.74) is 0.